The van der Waals surface area contributed by atoms with Crippen molar-refractivity contribution in [2.24, 2.45) is 4.99 Å². The average Bonchev–Trinajstić information content (AvgIpc) is 2.98. The molecule has 0 amide bonds. The summed E-state index contributed by atoms with van der Waals surface area (Å²) in [5, 5.41) is 0. The maximum absolute atomic E-state index is 12.2. The van der Waals surface area contributed by atoms with Gasteiger partial charge in [0.25, 0.3) is 0 Å². The number of esters is 1. The molecule has 0 saturated carbocycles. The van der Waals surface area contributed by atoms with Crippen LogP contribution in [0, 0.1) is 13.8 Å². The smallest absolute Gasteiger partial charge is 0.363 e. The topological polar surface area (TPSA) is 57.1 Å². The van der Waals surface area contributed by atoms with E-state index in [9.17, 15) is 4.79 Å². The van der Waals surface area contributed by atoms with Gasteiger partial charge in [0, 0.05) is 17.2 Å². The molecule has 3 rings (SSSR count). The number of hydrogen-bond donors (Lipinski definition) is 0. The second-order valence-corrected chi connectivity index (χ2v) is 5.74. The first-order chi connectivity index (χ1) is 12.0. The van der Waals surface area contributed by atoms with Crippen LogP contribution in [-0.4, -0.2) is 26.1 Å². The number of nitrogens with zero attached hydrogens (tertiary/aromatic N) is 1. The van der Waals surface area contributed by atoms with Gasteiger partial charge in [-0.15, -0.1) is 0 Å². The fourth-order valence-corrected chi connectivity index (χ4v) is 2.49. The number of cyclic esters (lactones) is 1. The van der Waals surface area contributed by atoms with E-state index < -0.39 is 5.97 Å². The Hall–Kier alpha value is -3.08. The minimum absolute atomic E-state index is 0.233. The predicted octanol–water partition coefficient (Wildman–Crippen LogP) is 3.67. The molecule has 5 nitrogen and oxygen atoms in total. The standard InChI is InChI=1S/C20H19NO4/c1-12-5-6-15(9-13(12)2)19-21-17(20(22)25-19)10-14-7-8-16(23-3)11-18(14)24-4/h5-11H,1-4H3/b17-10+. The van der Waals surface area contributed by atoms with Gasteiger partial charge in [-0.3, -0.25) is 0 Å². The highest BCUT2D eigenvalue weighted by atomic mass is 16.6. The van der Waals surface area contributed by atoms with Crippen molar-refractivity contribution in [3.63, 3.8) is 0 Å². The van der Waals surface area contributed by atoms with Gasteiger partial charge in [-0.25, -0.2) is 9.79 Å². The first-order valence-corrected chi connectivity index (χ1v) is 7.84. The monoisotopic (exact) mass is 337 g/mol. The fourth-order valence-electron chi connectivity index (χ4n) is 2.49. The molecule has 0 N–H and O–H groups in total. The van der Waals surface area contributed by atoms with E-state index in [1.807, 2.05) is 38.1 Å². The van der Waals surface area contributed by atoms with Gasteiger partial charge in [-0.05, 0) is 55.3 Å². The Bertz CT molecular complexity index is 897. The molecule has 0 aromatic heterocycles. The van der Waals surface area contributed by atoms with Crippen molar-refractivity contribution in [1.29, 1.82) is 0 Å². The van der Waals surface area contributed by atoms with Gasteiger partial charge in [0.1, 0.15) is 11.5 Å². The zero-order chi connectivity index (χ0) is 18.0. The molecular formula is C20H19NO4. The summed E-state index contributed by atoms with van der Waals surface area (Å²) in [5.41, 5.74) is 4.02. The van der Waals surface area contributed by atoms with E-state index in [-0.39, 0.29) is 5.70 Å². The van der Waals surface area contributed by atoms with Crippen molar-refractivity contribution >= 4 is 17.9 Å². The zero-order valence-corrected chi connectivity index (χ0v) is 14.6. The second kappa shape index (κ2) is 6.81. The van der Waals surface area contributed by atoms with Crippen molar-refractivity contribution in [2.45, 2.75) is 13.8 Å². The SMILES string of the molecule is COc1ccc(/C=C2/N=C(c3ccc(C)c(C)c3)OC2=O)c(OC)c1. The third-order valence-electron chi connectivity index (χ3n) is 4.11. The van der Waals surface area contributed by atoms with E-state index in [1.54, 1.807) is 32.4 Å². The lowest BCUT2D eigenvalue weighted by Crippen LogP contribution is -2.05. The molecule has 1 aliphatic heterocycles. The highest BCUT2D eigenvalue weighted by Gasteiger charge is 2.24. The van der Waals surface area contributed by atoms with E-state index in [0.717, 1.165) is 16.7 Å². The lowest BCUT2D eigenvalue weighted by Gasteiger charge is -2.07. The average molecular weight is 337 g/mol. The van der Waals surface area contributed by atoms with E-state index in [4.69, 9.17) is 14.2 Å². The van der Waals surface area contributed by atoms with Gasteiger partial charge in [-0.2, -0.15) is 0 Å². The van der Waals surface area contributed by atoms with Crippen LogP contribution in [-0.2, 0) is 9.53 Å². The molecule has 0 atom stereocenters. The molecule has 0 spiro atoms. The van der Waals surface area contributed by atoms with Gasteiger partial charge in [-0.1, -0.05) is 6.07 Å². The van der Waals surface area contributed by atoms with Crippen LogP contribution in [0.15, 0.2) is 47.1 Å². The van der Waals surface area contributed by atoms with Crippen molar-refractivity contribution in [2.75, 3.05) is 14.2 Å². The van der Waals surface area contributed by atoms with Crippen LogP contribution in [0.25, 0.3) is 6.08 Å². The van der Waals surface area contributed by atoms with Gasteiger partial charge in [0.15, 0.2) is 5.70 Å². The number of carbonyl (C=O) groups excluding carboxylic acids is 1. The molecule has 2 aromatic carbocycles. The minimum atomic E-state index is -0.480. The maximum atomic E-state index is 12.2. The number of methoxy groups -OCH3 is 2. The Balaban J connectivity index is 1.97. The summed E-state index contributed by atoms with van der Waals surface area (Å²) < 4.78 is 15.8. The molecule has 0 unspecified atom stereocenters. The van der Waals surface area contributed by atoms with Crippen LogP contribution in [0.3, 0.4) is 0 Å². The van der Waals surface area contributed by atoms with Crippen molar-refractivity contribution in [3.8, 4) is 11.5 Å². The molecule has 0 radical (unpaired) electrons. The summed E-state index contributed by atoms with van der Waals surface area (Å²) in [6.07, 6.45) is 1.65. The largest absolute Gasteiger partial charge is 0.497 e. The number of ether oxygens (including phenoxy) is 3. The summed E-state index contributed by atoms with van der Waals surface area (Å²) in [6, 6.07) is 11.2. The molecule has 0 fully saturated rings. The summed E-state index contributed by atoms with van der Waals surface area (Å²) in [5.74, 6) is 1.10. The summed E-state index contributed by atoms with van der Waals surface area (Å²) >= 11 is 0. The molecule has 0 aliphatic carbocycles. The Morgan fingerprint density at radius 1 is 1.00 bits per heavy atom. The predicted molar refractivity (Wildman–Crippen MR) is 96.1 cm³/mol. The normalized spacial score (nSPS) is 15.1. The van der Waals surface area contributed by atoms with E-state index >= 15 is 0 Å². The van der Waals surface area contributed by atoms with Crippen LogP contribution in [0.1, 0.15) is 22.3 Å². The molecule has 128 valence electrons. The molecule has 25 heavy (non-hydrogen) atoms. The Morgan fingerprint density at radius 3 is 2.48 bits per heavy atom. The molecule has 0 saturated heterocycles. The van der Waals surface area contributed by atoms with Crippen LogP contribution in [0.5, 0.6) is 11.5 Å². The minimum Gasteiger partial charge on any atom is -0.497 e. The van der Waals surface area contributed by atoms with Gasteiger partial charge >= 0.3 is 5.97 Å². The highest BCUT2D eigenvalue weighted by Crippen LogP contribution is 2.28. The first kappa shape index (κ1) is 16.8. The fraction of sp³-hybridized carbons (Fsp3) is 0.200. The van der Waals surface area contributed by atoms with Crippen LogP contribution in [0.4, 0.5) is 0 Å². The number of carbonyl (C=O) groups is 1. The van der Waals surface area contributed by atoms with E-state index in [0.29, 0.717) is 17.4 Å². The third-order valence-corrected chi connectivity index (χ3v) is 4.11. The number of hydrogen-bond acceptors (Lipinski definition) is 5. The molecule has 2 aromatic rings. The van der Waals surface area contributed by atoms with Crippen LogP contribution < -0.4 is 9.47 Å². The molecule has 1 heterocycles. The maximum Gasteiger partial charge on any atom is 0.363 e. The van der Waals surface area contributed by atoms with E-state index in [2.05, 4.69) is 4.99 Å². The second-order valence-electron chi connectivity index (χ2n) is 5.74. The summed E-state index contributed by atoms with van der Waals surface area (Å²) in [4.78, 5) is 16.5. The van der Waals surface area contributed by atoms with Gasteiger partial charge in [0.05, 0.1) is 14.2 Å². The molecule has 5 heteroatoms. The third kappa shape index (κ3) is 3.40. The van der Waals surface area contributed by atoms with Crippen LogP contribution in [0.2, 0.25) is 0 Å². The molecule has 0 bridgehead atoms. The number of aliphatic imine (C=N–C) groups is 1. The Morgan fingerprint density at radius 2 is 1.80 bits per heavy atom. The molecule has 1 aliphatic rings. The molecular weight excluding hydrogens is 318 g/mol. The number of rotatable bonds is 4. The Kier molecular flexibility index (Phi) is 4.57. The quantitative estimate of drug-likeness (QED) is 0.631. The Labute approximate surface area is 146 Å². The number of benzene rings is 2. The highest BCUT2D eigenvalue weighted by molar-refractivity contribution is 6.13. The zero-order valence-electron chi connectivity index (χ0n) is 14.6. The van der Waals surface area contributed by atoms with Crippen LogP contribution >= 0.6 is 0 Å². The van der Waals surface area contributed by atoms with Crippen molar-refractivity contribution < 1.29 is 19.0 Å². The van der Waals surface area contributed by atoms with Crippen molar-refractivity contribution in [1.82, 2.24) is 0 Å². The summed E-state index contributed by atoms with van der Waals surface area (Å²) in [7, 11) is 3.15. The lowest BCUT2D eigenvalue weighted by molar-refractivity contribution is -0.129. The van der Waals surface area contributed by atoms with Gasteiger partial charge < -0.3 is 14.2 Å². The first-order valence-electron chi connectivity index (χ1n) is 7.84. The van der Waals surface area contributed by atoms with Gasteiger partial charge in [0.2, 0.25) is 5.90 Å². The van der Waals surface area contributed by atoms with Crippen molar-refractivity contribution in [3.05, 3.63) is 64.3 Å². The van der Waals surface area contributed by atoms with E-state index in [1.165, 1.54) is 5.56 Å². The lowest BCUT2D eigenvalue weighted by atomic mass is 10.1. The summed E-state index contributed by atoms with van der Waals surface area (Å²) in [6.45, 7) is 4.04. The number of aryl methyl sites for hydroxylation is 2.